The van der Waals surface area contributed by atoms with Crippen LogP contribution in [-0.4, -0.2) is 29.9 Å². The van der Waals surface area contributed by atoms with Gasteiger partial charge in [0, 0.05) is 24.7 Å². The van der Waals surface area contributed by atoms with Crippen LogP contribution in [0.4, 0.5) is 0 Å². The minimum Gasteiger partial charge on any atom is -0.507 e. The van der Waals surface area contributed by atoms with Crippen molar-refractivity contribution in [3.63, 3.8) is 0 Å². The lowest BCUT2D eigenvalue weighted by molar-refractivity contribution is 0.173. The summed E-state index contributed by atoms with van der Waals surface area (Å²) in [5, 5.41) is 10.0. The van der Waals surface area contributed by atoms with Crippen LogP contribution in [0.2, 0.25) is 0 Å². The van der Waals surface area contributed by atoms with E-state index in [1.807, 2.05) is 6.07 Å². The Labute approximate surface area is 114 Å². The molecule has 106 valence electrons. The topological polar surface area (TPSA) is 41.9 Å². The highest BCUT2D eigenvalue weighted by atomic mass is 16.7. The number of phenols is 1. The van der Waals surface area contributed by atoms with E-state index in [4.69, 9.17) is 9.47 Å². The summed E-state index contributed by atoms with van der Waals surface area (Å²) in [6.07, 6.45) is 1.17. The van der Waals surface area contributed by atoms with Crippen LogP contribution in [0.3, 0.4) is 0 Å². The van der Waals surface area contributed by atoms with Gasteiger partial charge in [-0.3, -0.25) is 4.90 Å². The molecule has 0 saturated carbocycles. The van der Waals surface area contributed by atoms with Crippen molar-refractivity contribution in [2.45, 2.75) is 33.7 Å². The predicted octanol–water partition coefficient (Wildman–Crippen LogP) is 2.99. The van der Waals surface area contributed by atoms with Crippen LogP contribution < -0.4 is 9.47 Å². The summed E-state index contributed by atoms with van der Waals surface area (Å²) >= 11 is 0. The number of nitrogens with zero attached hydrogens (tertiary/aromatic N) is 1. The van der Waals surface area contributed by atoms with Gasteiger partial charge in [0.15, 0.2) is 11.5 Å². The Morgan fingerprint density at radius 3 is 2.58 bits per heavy atom. The minimum absolute atomic E-state index is 0.239. The Kier molecular flexibility index (Phi) is 4.53. The van der Waals surface area contributed by atoms with Crippen LogP contribution in [0, 0.1) is 5.92 Å². The first kappa shape index (κ1) is 14.0. The fourth-order valence-electron chi connectivity index (χ4n) is 2.22. The first-order valence-electron chi connectivity index (χ1n) is 6.97. The van der Waals surface area contributed by atoms with E-state index in [2.05, 4.69) is 25.7 Å². The standard InChI is InChI=1S/C15H23NO3/c1-4-11(3)8-16(5-2)9-12-6-14-15(7-13(12)17)19-10-18-14/h6-7,11,17H,4-5,8-10H2,1-3H3. The van der Waals surface area contributed by atoms with Crippen LogP contribution in [0.1, 0.15) is 32.8 Å². The van der Waals surface area contributed by atoms with E-state index in [-0.39, 0.29) is 12.5 Å². The molecule has 0 aliphatic carbocycles. The van der Waals surface area contributed by atoms with E-state index in [0.717, 1.165) is 30.9 Å². The minimum atomic E-state index is 0.239. The molecule has 1 aromatic rings. The molecule has 19 heavy (non-hydrogen) atoms. The summed E-state index contributed by atoms with van der Waals surface area (Å²) < 4.78 is 10.6. The maximum absolute atomic E-state index is 10.0. The fraction of sp³-hybridized carbons (Fsp3) is 0.600. The van der Waals surface area contributed by atoms with E-state index in [1.54, 1.807) is 6.07 Å². The molecule has 1 N–H and O–H groups in total. The molecule has 0 radical (unpaired) electrons. The van der Waals surface area contributed by atoms with Crippen LogP contribution >= 0.6 is 0 Å². The largest absolute Gasteiger partial charge is 0.507 e. The zero-order valence-electron chi connectivity index (χ0n) is 12.0. The quantitative estimate of drug-likeness (QED) is 0.858. The Balaban J connectivity index is 2.09. The van der Waals surface area contributed by atoms with Crippen LogP contribution in [0.25, 0.3) is 0 Å². The summed E-state index contributed by atoms with van der Waals surface area (Å²) in [7, 11) is 0. The maximum atomic E-state index is 10.0. The molecular formula is C15H23NO3. The number of hydrogen-bond acceptors (Lipinski definition) is 4. The molecule has 1 aliphatic heterocycles. The number of aromatic hydroxyl groups is 1. The lowest BCUT2D eigenvalue weighted by atomic mass is 10.1. The average molecular weight is 265 g/mol. The molecule has 1 atom stereocenters. The van der Waals surface area contributed by atoms with Gasteiger partial charge < -0.3 is 14.6 Å². The average Bonchev–Trinajstić information content (AvgIpc) is 2.84. The van der Waals surface area contributed by atoms with Crippen molar-refractivity contribution in [2.24, 2.45) is 5.92 Å². The predicted molar refractivity (Wildman–Crippen MR) is 74.6 cm³/mol. The normalized spacial score (nSPS) is 14.9. The van der Waals surface area contributed by atoms with Crippen LogP contribution in [0.5, 0.6) is 17.2 Å². The zero-order valence-corrected chi connectivity index (χ0v) is 12.0. The van der Waals surface area contributed by atoms with Gasteiger partial charge in [-0.15, -0.1) is 0 Å². The van der Waals surface area contributed by atoms with Gasteiger partial charge >= 0.3 is 0 Å². The maximum Gasteiger partial charge on any atom is 0.231 e. The summed E-state index contributed by atoms with van der Waals surface area (Å²) in [6, 6.07) is 3.53. The molecule has 1 aromatic carbocycles. The lowest BCUT2D eigenvalue weighted by Gasteiger charge is -2.24. The Morgan fingerprint density at radius 2 is 1.95 bits per heavy atom. The van der Waals surface area contributed by atoms with Crippen molar-refractivity contribution in [2.75, 3.05) is 19.9 Å². The molecule has 0 spiro atoms. The first-order valence-corrected chi connectivity index (χ1v) is 6.97. The molecule has 1 aliphatic rings. The molecule has 0 saturated heterocycles. The van der Waals surface area contributed by atoms with E-state index in [1.165, 1.54) is 6.42 Å². The molecule has 0 aromatic heterocycles. The molecule has 1 heterocycles. The number of phenolic OH excluding ortho intramolecular Hbond substituents is 1. The zero-order chi connectivity index (χ0) is 13.8. The summed E-state index contributed by atoms with van der Waals surface area (Å²) in [6.45, 7) is 9.59. The molecule has 0 bridgehead atoms. The molecule has 4 heteroatoms. The monoisotopic (exact) mass is 265 g/mol. The molecular weight excluding hydrogens is 242 g/mol. The Bertz CT molecular complexity index is 434. The van der Waals surface area contributed by atoms with Gasteiger partial charge in [-0.05, 0) is 18.5 Å². The molecule has 4 nitrogen and oxygen atoms in total. The van der Waals surface area contributed by atoms with Crippen molar-refractivity contribution in [3.8, 4) is 17.2 Å². The van der Waals surface area contributed by atoms with E-state index >= 15 is 0 Å². The third-order valence-corrected chi connectivity index (χ3v) is 3.68. The van der Waals surface area contributed by atoms with E-state index in [0.29, 0.717) is 11.7 Å². The number of fused-ring (bicyclic) bond motifs is 1. The van der Waals surface area contributed by atoms with Gasteiger partial charge in [-0.1, -0.05) is 27.2 Å². The van der Waals surface area contributed by atoms with Crippen molar-refractivity contribution in [1.82, 2.24) is 4.90 Å². The van der Waals surface area contributed by atoms with Gasteiger partial charge in [0.1, 0.15) is 5.75 Å². The summed E-state index contributed by atoms with van der Waals surface area (Å²) in [4.78, 5) is 2.34. The Morgan fingerprint density at radius 1 is 1.26 bits per heavy atom. The molecule has 2 rings (SSSR count). The highest BCUT2D eigenvalue weighted by Gasteiger charge is 2.18. The van der Waals surface area contributed by atoms with Gasteiger partial charge in [0.05, 0.1) is 0 Å². The van der Waals surface area contributed by atoms with E-state index in [9.17, 15) is 5.11 Å². The Hall–Kier alpha value is -1.42. The summed E-state index contributed by atoms with van der Waals surface area (Å²) in [5.74, 6) is 2.31. The van der Waals surface area contributed by atoms with Gasteiger partial charge in [-0.2, -0.15) is 0 Å². The summed E-state index contributed by atoms with van der Waals surface area (Å²) in [5.41, 5.74) is 0.898. The van der Waals surface area contributed by atoms with Crippen molar-refractivity contribution in [1.29, 1.82) is 0 Å². The third-order valence-electron chi connectivity index (χ3n) is 3.68. The lowest BCUT2D eigenvalue weighted by Crippen LogP contribution is -2.27. The highest BCUT2D eigenvalue weighted by Crippen LogP contribution is 2.38. The third kappa shape index (κ3) is 3.32. The highest BCUT2D eigenvalue weighted by molar-refractivity contribution is 5.51. The number of rotatable bonds is 6. The second-order valence-electron chi connectivity index (χ2n) is 5.18. The van der Waals surface area contributed by atoms with Gasteiger partial charge in [-0.25, -0.2) is 0 Å². The van der Waals surface area contributed by atoms with Crippen molar-refractivity contribution in [3.05, 3.63) is 17.7 Å². The second-order valence-corrected chi connectivity index (χ2v) is 5.18. The molecule has 0 fully saturated rings. The van der Waals surface area contributed by atoms with Crippen molar-refractivity contribution < 1.29 is 14.6 Å². The second kappa shape index (κ2) is 6.15. The SMILES string of the molecule is CCC(C)CN(CC)Cc1cc2c(cc1O)OCO2. The molecule has 0 amide bonds. The van der Waals surface area contributed by atoms with Crippen LogP contribution in [0.15, 0.2) is 12.1 Å². The number of benzene rings is 1. The van der Waals surface area contributed by atoms with Crippen molar-refractivity contribution >= 4 is 0 Å². The number of hydrogen-bond donors (Lipinski definition) is 1. The van der Waals surface area contributed by atoms with Gasteiger partial charge in [0.25, 0.3) is 0 Å². The fourth-order valence-corrected chi connectivity index (χ4v) is 2.22. The van der Waals surface area contributed by atoms with E-state index < -0.39 is 0 Å². The number of ether oxygens (including phenoxy) is 2. The van der Waals surface area contributed by atoms with Gasteiger partial charge in [0.2, 0.25) is 6.79 Å². The molecule has 1 unspecified atom stereocenters. The smallest absolute Gasteiger partial charge is 0.231 e. The van der Waals surface area contributed by atoms with Crippen LogP contribution in [-0.2, 0) is 6.54 Å². The first-order chi connectivity index (χ1) is 9.13.